The van der Waals surface area contributed by atoms with Crippen LogP contribution in [0.15, 0.2) is 47.3 Å². The molecule has 0 atom stereocenters. The van der Waals surface area contributed by atoms with Gasteiger partial charge in [0.2, 0.25) is 0 Å². The fourth-order valence-electron chi connectivity index (χ4n) is 2.99. The largest absolute Gasteiger partial charge is 0.364 e. The van der Waals surface area contributed by atoms with Crippen molar-refractivity contribution >= 4 is 28.8 Å². The van der Waals surface area contributed by atoms with Crippen molar-refractivity contribution in [3.63, 3.8) is 0 Å². The van der Waals surface area contributed by atoms with E-state index in [0.29, 0.717) is 22.6 Å². The molecule has 8 nitrogen and oxygen atoms in total. The molecule has 2 heterocycles. The van der Waals surface area contributed by atoms with Gasteiger partial charge < -0.3 is 9.82 Å². The number of carbonyl (C=O) groups excluding carboxylic acids is 3. The zero-order chi connectivity index (χ0) is 18.4. The Kier molecular flexibility index (Phi) is 3.47. The standard InChI is InChI=1S/C18H13N3O5/c1-2-20-14-8-7-10(9-13(14)19-18(20)25)17(24)26-21-15(22)11-5-3-4-6-12(11)16(21)23/h3-9H,2H2,1H3,(H,19,25). The maximum Gasteiger partial charge on any atom is 0.364 e. The Labute approximate surface area is 146 Å². The molecule has 0 saturated heterocycles. The highest BCUT2D eigenvalue weighted by Crippen LogP contribution is 2.23. The number of aromatic amines is 1. The molecule has 4 rings (SSSR count). The normalized spacial score (nSPS) is 13.3. The van der Waals surface area contributed by atoms with Crippen LogP contribution in [0.5, 0.6) is 0 Å². The summed E-state index contributed by atoms with van der Waals surface area (Å²) in [6, 6.07) is 10.8. The number of carbonyl (C=O) groups is 3. The lowest BCUT2D eigenvalue weighted by atomic mass is 10.1. The van der Waals surface area contributed by atoms with Crippen molar-refractivity contribution in [3.05, 3.63) is 69.6 Å². The minimum Gasteiger partial charge on any atom is -0.324 e. The first kappa shape index (κ1) is 15.8. The Morgan fingerprint density at radius 1 is 1.04 bits per heavy atom. The van der Waals surface area contributed by atoms with E-state index in [-0.39, 0.29) is 22.4 Å². The molecular weight excluding hydrogens is 338 g/mol. The Morgan fingerprint density at radius 3 is 2.31 bits per heavy atom. The number of hydroxylamine groups is 2. The number of hydrogen-bond acceptors (Lipinski definition) is 5. The van der Waals surface area contributed by atoms with Gasteiger partial charge in [-0.2, -0.15) is 0 Å². The molecule has 2 amide bonds. The molecule has 1 N–H and O–H groups in total. The highest BCUT2D eigenvalue weighted by atomic mass is 16.7. The SMILES string of the molecule is CCn1c(=O)[nH]c2cc(C(=O)ON3C(=O)c4ccccc4C3=O)ccc21. The van der Waals surface area contributed by atoms with Gasteiger partial charge in [-0.1, -0.05) is 17.2 Å². The second-order valence-corrected chi connectivity index (χ2v) is 5.74. The second kappa shape index (κ2) is 5.69. The van der Waals surface area contributed by atoms with E-state index in [1.54, 1.807) is 18.2 Å². The van der Waals surface area contributed by atoms with Crippen LogP contribution in [0.25, 0.3) is 11.0 Å². The maximum atomic E-state index is 12.4. The lowest BCUT2D eigenvalue weighted by molar-refractivity contribution is -0.0584. The van der Waals surface area contributed by atoms with Gasteiger partial charge in [-0.25, -0.2) is 9.59 Å². The number of rotatable bonds is 3. The van der Waals surface area contributed by atoms with Crippen LogP contribution in [0.2, 0.25) is 0 Å². The van der Waals surface area contributed by atoms with Crippen molar-refractivity contribution in [2.24, 2.45) is 0 Å². The number of aryl methyl sites for hydroxylation is 1. The highest BCUT2D eigenvalue weighted by Gasteiger charge is 2.38. The average molecular weight is 351 g/mol. The van der Waals surface area contributed by atoms with Crippen LogP contribution in [-0.4, -0.2) is 32.4 Å². The highest BCUT2D eigenvalue weighted by molar-refractivity contribution is 6.21. The molecule has 0 fully saturated rings. The zero-order valence-corrected chi connectivity index (χ0v) is 13.7. The summed E-state index contributed by atoms with van der Waals surface area (Å²) >= 11 is 0. The van der Waals surface area contributed by atoms with Crippen molar-refractivity contribution < 1.29 is 19.2 Å². The summed E-state index contributed by atoms with van der Waals surface area (Å²) in [6.07, 6.45) is 0. The molecule has 0 radical (unpaired) electrons. The average Bonchev–Trinajstić information content (AvgIpc) is 3.09. The lowest BCUT2D eigenvalue weighted by Crippen LogP contribution is -2.32. The third kappa shape index (κ3) is 2.23. The van der Waals surface area contributed by atoms with E-state index in [4.69, 9.17) is 4.84 Å². The van der Waals surface area contributed by atoms with E-state index < -0.39 is 17.8 Å². The number of fused-ring (bicyclic) bond motifs is 2. The number of nitrogens with zero attached hydrogens (tertiary/aromatic N) is 2. The van der Waals surface area contributed by atoms with Gasteiger partial charge >= 0.3 is 11.7 Å². The van der Waals surface area contributed by atoms with Gasteiger partial charge in [0.15, 0.2) is 0 Å². The van der Waals surface area contributed by atoms with Crippen LogP contribution < -0.4 is 5.69 Å². The number of amides is 2. The fraction of sp³-hybridized carbons (Fsp3) is 0.111. The number of benzene rings is 2. The molecule has 26 heavy (non-hydrogen) atoms. The maximum absolute atomic E-state index is 12.4. The fourth-order valence-corrected chi connectivity index (χ4v) is 2.99. The second-order valence-electron chi connectivity index (χ2n) is 5.74. The van der Waals surface area contributed by atoms with Crippen LogP contribution >= 0.6 is 0 Å². The molecule has 3 aromatic rings. The Balaban J connectivity index is 1.63. The molecule has 1 aromatic heterocycles. The molecule has 8 heteroatoms. The number of nitrogens with one attached hydrogen (secondary N) is 1. The molecule has 0 saturated carbocycles. The summed E-state index contributed by atoms with van der Waals surface area (Å²) in [6.45, 7) is 2.32. The van der Waals surface area contributed by atoms with Gasteiger partial charge in [0.05, 0.1) is 27.7 Å². The molecule has 0 bridgehead atoms. The molecular formula is C18H13N3O5. The van der Waals surface area contributed by atoms with Crippen molar-refractivity contribution in [2.45, 2.75) is 13.5 Å². The van der Waals surface area contributed by atoms with Crippen molar-refractivity contribution in [1.82, 2.24) is 14.6 Å². The van der Waals surface area contributed by atoms with Crippen molar-refractivity contribution in [3.8, 4) is 0 Å². The Bertz CT molecular complexity index is 1110. The van der Waals surface area contributed by atoms with Gasteiger partial charge in [0, 0.05) is 6.54 Å². The monoisotopic (exact) mass is 351 g/mol. The molecule has 0 unspecified atom stereocenters. The van der Waals surface area contributed by atoms with E-state index >= 15 is 0 Å². The third-order valence-electron chi connectivity index (χ3n) is 4.26. The number of imide groups is 1. The molecule has 1 aliphatic heterocycles. The molecule has 1 aliphatic rings. The number of hydrogen-bond donors (Lipinski definition) is 1. The van der Waals surface area contributed by atoms with E-state index in [1.165, 1.54) is 28.8 Å². The predicted molar refractivity (Wildman–Crippen MR) is 90.6 cm³/mol. The summed E-state index contributed by atoms with van der Waals surface area (Å²) < 4.78 is 1.52. The van der Waals surface area contributed by atoms with Crippen LogP contribution in [0, 0.1) is 0 Å². The van der Waals surface area contributed by atoms with Gasteiger partial charge in [-0.3, -0.25) is 14.2 Å². The smallest absolute Gasteiger partial charge is 0.324 e. The van der Waals surface area contributed by atoms with Gasteiger partial charge in [0.25, 0.3) is 11.8 Å². The van der Waals surface area contributed by atoms with E-state index in [1.807, 2.05) is 6.92 Å². The first-order valence-electron chi connectivity index (χ1n) is 7.94. The van der Waals surface area contributed by atoms with E-state index in [9.17, 15) is 19.2 Å². The number of H-pyrrole nitrogens is 1. The summed E-state index contributed by atoms with van der Waals surface area (Å²) in [5.74, 6) is -2.25. The number of imidazole rings is 1. The Morgan fingerprint density at radius 2 is 1.69 bits per heavy atom. The number of aromatic nitrogens is 2. The summed E-state index contributed by atoms with van der Waals surface area (Å²) in [5, 5.41) is 0.456. The quantitative estimate of drug-likeness (QED) is 0.724. The Hall–Kier alpha value is -3.68. The third-order valence-corrected chi connectivity index (χ3v) is 4.26. The molecule has 0 aliphatic carbocycles. The summed E-state index contributed by atoms with van der Waals surface area (Å²) in [5.41, 5.74) is 1.31. The molecule has 0 spiro atoms. The predicted octanol–water partition coefficient (Wildman–Crippen LogP) is 1.72. The first-order valence-corrected chi connectivity index (χ1v) is 7.94. The minimum absolute atomic E-state index is 0.110. The van der Waals surface area contributed by atoms with Gasteiger partial charge in [0.1, 0.15) is 0 Å². The van der Waals surface area contributed by atoms with E-state index in [2.05, 4.69) is 4.98 Å². The van der Waals surface area contributed by atoms with Crippen molar-refractivity contribution in [2.75, 3.05) is 0 Å². The van der Waals surface area contributed by atoms with Crippen LogP contribution in [0.4, 0.5) is 0 Å². The van der Waals surface area contributed by atoms with Crippen LogP contribution in [0.3, 0.4) is 0 Å². The summed E-state index contributed by atoms with van der Waals surface area (Å²) in [4.78, 5) is 56.4. The zero-order valence-electron chi connectivity index (χ0n) is 13.7. The van der Waals surface area contributed by atoms with Crippen molar-refractivity contribution in [1.29, 1.82) is 0 Å². The molecule has 2 aromatic carbocycles. The van der Waals surface area contributed by atoms with Gasteiger partial charge in [-0.15, -0.1) is 0 Å². The lowest BCUT2D eigenvalue weighted by Gasteiger charge is -2.12. The topological polar surface area (TPSA) is 101 Å². The van der Waals surface area contributed by atoms with Gasteiger partial charge in [-0.05, 0) is 37.3 Å². The summed E-state index contributed by atoms with van der Waals surface area (Å²) in [7, 11) is 0. The van der Waals surface area contributed by atoms with Crippen LogP contribution in [0.1, 0.15) is 38.0 Å². The minimum atomic E-state index is -0.869. The van der Waals surface area contributed by atoms with Crippen LogP contribution in [-0.2, 0) is 11.4 Å². The molecule has 130 valence electrons. The first-order chi connectivity index (χ1) is 12.5. The van der Waals surface area contributed by atoms with E-state index in [0.717, 1.165) is 0 Å².